The van der Waals surface area contributed by atoms with Crippen LogP contribution < -0.4 is 10.2 Å². The average molecular weight is 563 g/mol. The molecule has 2 aliphatic heterocycles. The molecule has 8 heteroatoms. The van der Waals surface area contributed by atoms with Crippen LogP contribution in [0.15, 0.2) is 109 Å². The SMILES string of the molecule is O=C(CN1CN(c2ccccc2)C2(CCN(C(=O)c3ccc(-c4ccccc4)cc3)CC2)C1=O)Nc1ccc(F)cc1. The molecule has 0 aromatic heterocycles. The van der Waals surface area contributed by atoms with E-state index in [9.17, 15) is 18.8 Å². The summed E-state index contributed by atoms with van der Waals surface area (Å²) in [6, 6.07) is 32.9. The van der Waals surface area contributed by atoms with Crippen LogP contribution in [-0.4, -0.2) is 59.4 Å². The van der Waals surface area contributed by atoms with Gasteiger partial charge in [0.25, 0.3) is 11.8 Å². The van der Waals surface area contributed by atoms with E-state index >= 15 is 0 Å². The standard InChI is InChI=1S/C34H31FN4O3/c35-28-15-17-29(18-16-28)36-31(40)23-38-24-39(30-9-5-2-6-10-30)34(33(38)42)19-21-37(22-20-34)32(41)27-13-11-26(12-14-27)25-7-3-1-4-8-25/h1-18H,19-24H2,(H,36,40). The van der Waals surface area contributed by atoms with E-state index in [0.717, 1.165) is 16.8 Å². The molecule has 0 aliphatic carbocycles. The molecule has 2 fully saturated rings. The van der Waals surface area contributed by atoms with E-state index in [-0.39, 0.29) is 30.9 Å². The summed E-state index contributed by atoms with van der Waals surface area (Å²) >= 11 is 0. The predicted octanol–water partition coefficient (Wildman–Crippen LogP) is 5.41. The van der Waals surface area contributed by atoms with E-state index in [1.54, 1.807) is 4.90 Å². The number of hydrogen-bond donors (Lipinski definition) is 1. The van der Waals surface area contributed by atoms with Gasteiger partial charge < -0.3 is 20.0 Å². The Labute approximate surface area is 244 Å². The molecule has 0 bridgehead atoms. The van der Waals surface area contributed by atoms with Crippen molar-refractivity contribution in [1.29, 1.82) is 0 Å². The van der Waals surface area contributed by atoms with Crippen LogP contribution >= 0.6 is 0 Å². The van der Waals surface area contributed by atoms with Crippen molar-refractivity contribution >= 4 is 29.1 Å². The first-order valence-corrected chi connectivity index (χ1v) is 14.1. The summed E-state index contributed by atoms with van der Waals surface area (Å²) in [6.07, 6.45) is 0.898. The van der Waals surface area contributed by atoms with Gasteiger partial charge in [-0.05, 0) is 72.5 Å². The molecule has 0 atom stereocenters. The van der Waals surface area contributed by atoms with Crippen LogP contribution in [0.1, 0.15) is 23.2 Å². The van der Waals surface area contributed by atoms with Gasteiger partial charge in [-0.2, -0.15) is 0 Å². The van der Waals surface area contributed by atoms with E-state index in [4.69, 9.17) is 0 Å². The number of anilines is 2. The Bertz CT molecular complexity index is 1570. The van der Waals surface area contributed by atoms with E-state index in [2.05, 4.69) is 10.2 Å². The van der Waals surface area contributed by atoms with E-state index in [0.29, 0.717) is 37.2 Å². The molecule has 42 heavy (non-hydrogen) atoms. The number of nitrogens with one attached hydrogen (secondary N) is 1. The first-order chi connectivity index (χ1) is 20.4. The molecule has 1 spiro atoms. The summed E-state index contributed by atoms with van der Waals surface area (Å²) in [5.41, 5.74) is 3.25. The minimum absolute atomic E-state index is 0.0586. The second-order valence-electron chi connectivity index (χ2n) is 10.7. The number of carbonyl (C=O) groups excluding carboxylic acids is 3. The van der Waals surface area contributed by atoms with Gasteiger partial charge in [0.15, 0.2) is 0 Å². The molecule has 6 rings (SSSR count). The Morgan fingerprint density at radius 1 is 0.762 bits per heavy atom. The number of rotatable bonds is 6. The molecule has 212 valence electrons. The smallest absolute Gasteiger partial charge is 0.253 e. The van der Waals surface area contributed by atoms with Crippen molar-refractivity contribution in [1.82, 2.24) is 9.80 Å². The first kappa shape index (κ1) is 27.2. The van der Waals surface area contributed by atoms with Gasteiger partial charge in [0.1, 0.15) is 17.9 Å². The molecular formula is C34H31FN4O3. The van der Waals surface area contributed by atoms with Crippen LogP contribution in [0.25, 0.3) is 11.1 Å². The van der Waals surface area contributed by atoms with Gasteiger partial charge >= 0.3 is 0 Å². The van der Waals surface area contributed by atoms with Crippen LogP contribution in [0.3, 0.4) is 0 Å². The second-order valence-corrected chi connectivity index (χ2v) is 10.7. The van der Waals surface area contributed by atoms with Crippen molar-refractivity contribution in [2.75, 3.05) is 36.5 Å². The molecule has 0 radical (unpaired) electrons. The summed E-state index contributed by atoms with van der Waals surface area (Å²) in [6.45, 7) is 0.972. The highest BCUT2D eigenvalue weighted by Gasteiger charge is 2.54. The van der Waals surface area contributed by atoms with Crippen LogP contribution in [0.4, 0.5) is 15.8 Å². The number of amides is 3. The van der Waals surface area contributed by atoms with Gasteiger partial charge in [-0.25, -0.2) is 4.39 Å². The lowest BCUT2D eigenvalue weighted by molar-refractivity contribution is -0.136. The zero-order valence-electron chi connectivity index (χ0n) is 23.1. The Hall–Kier alpha value is -4.98. The van der Waals surface area contributed by atoms with Gasteiger partial charge in [0.05, 0.1) is 6.67 Å². The number of hydrogen-bond acceptors (Lipinski definition) is 4. The summed E-state index contributed by atoms with van der Waals surface area (Å²) in [4.78, 5) is 45.7. The van der Waals surface area contributed by atoms with E-state index in [1.165, 1.54) is 24.3 Å². The second kappa shape index (κ2) is 11.5. The number of benzene rings is 4. The molecular weight excluding hydrogens is 531 g/mol. The molecule has 3 amide bonds. The normalized spacial score (nSPS) is 16.1. The molecule has 2 heterocycles. The molecule has 1 N–H and O–H groups in total. The van der Waals surface area contributed by atoms with Gasteiger partial charge in [0.2, 0.25) is 5.91 Å². The van der Waals surface area contributed by atoms with Crippen molar-refractivity contribution in [2.24, 2.45) is 0 Å². The number of nitrogens with zero attached hydrogens (tertiary/aromatic N) is 3. The van der Waals surface area contributed by atoms with Crippen LogP contribution in [0, 0.1) is 5.82 Å². The maximum atomic E-state index is 14.0. The van der Waals surface area contributed by atoms with Crippen molar-refractivity contribution in [3.05, 3.63) is 121 Å². The molecule has 2 aliphatic rings. The highest BCUT2D eigenvalue weighted by atomic mass is 19.1. The van der Waals surface area contributed by atoms with Crippen molar-refractivity contribution < 1.29 is 18.8 Å². The minimum atomic E-state index is -0.856. The molecule has 2 saturated heterocycles. The van der Waals surface area contributed by atoms with Crippen LogP contribution in [-0.2, 0) is 9.59 Å². The maximum Gasteiger partial charge on any atom is 0.253 e. The zero-order valence-corrected chi connectivity index (χ0v) is 23.1. The number of likely N-dealkylation sites (tertiary alicyclic amines) is 1. The molecule has 4 aromatic carbocycles. The molecule has 4 aromatic rings. The first-order valence-electron chi connectivity index (χ1n) is 14.1. The summed E-state index contributed by atoms with van der Waals surface area (Å²) < 4.78 is 13.3. The molecule has 0 saturated carbocycles. The van der Waals surface area contributed by atoms with Gasteiger partial charge in [0, 0.05) is 30.0 Å². The minimum Gasteiger partial charge on any atom is -0.339 e. The maximum absolute atomic E-state index is 14.0. The third-order valence-electron chi connectivity index (χ3n) is 8.16. The highest BCUT2D eigenvalue weighted by molar-refractivity contribution is 6.00. The number of carbonyl (C=O) groups is 3. The number of para-hydroxylation sites is 1. The average Bonchev–Trinajstić information content (AvgIpc) is 3.29. The van der Waals surface area contributed by atoms with Crippen molar-refractivity contribution in [2.45, 2.75) is 18.4 Å². The number of piperidine rings is 1. The van der Waals surface area contributed by atoms with Crippen molar-refractivity contribution in [3.63, 3.8) is 0 Å². The Morgan fingerprint density at radius 3 is 2.00 bits per heavy atom. The van der Waals surface area contributed by atoms with E-state index < -0.39 is 11.4 Å². The Kier molecular flexibility index (Phi) is 7.44. The lowest BCUT2D eigenvalue weighted by Crippen LogP contribution is -2.57. The monoisotopic (exact) mass is 562 g/mol. The summed E-state index contributed by atoms with van der Waals surface area (Å²) in [7, 11) is 0. The Balaban J connectivity index is 1.16. The van der Waals surface area contributed by atoms with Gasteiger partial charge in [-0.15, -0.1) is 0 Å². The lowest BCUT2D eigenvalue weighted by atomic mass is 9.85. The fraction of sp³-hybridized carbons (Fsp3) is 0.206. The number of halogens is 1. The van der Waals surface area contributed by atoms with E-state index in [1.807, 2.05) is 89.8 Å². The fourth-order valence-corrected chi connectivity index (χ4v) is 5.93. The quantitative estimate of drug-likeness (QED) is 0.341. The fourth-order valence-electron chi connectivity index (χ4n) is 5.93. The summed E-state index contributed by atoms with van der Waals surface area (Å²) in [5, 5.41) is 2.75. The van der Waals surface area contributed by atoms with Crippen LogP contribution in [0.5, 0.6) is 0 Å². The largest absolute Gasteiger partial charge is 0.339 e. The van der Waals surface area contributed by atoms with Gasteiger partial charge in [-0.1, -0.05) is 60.7 Å². The van der Waals surface area contributed by atoms with Gasteiger partial charge in [-0.3, -0.25) is 14.4 Å². The predicted molar refractivity (Wildman–Crippen MR) is 160 cm³/mol. The molecule has 0 unspecified atom stereocenters. The van der Waals surface area contributed by atoms with Crippen molar-refractivity contribution in [3.8, 4) is 11.1 Å². The topological polar surface area (TPSA) is 73.0 Å². The van der Waals surface area contributed by atoms with Crippen LogP contribution in [0.2, 0.25) is 0 Å². The lowest BCUT2D eigenvalue weighted by Gasteiger charge is -2.43. The highest BCUT2D eigenvalue weighted by Crippen LogP contribution is 2.39. The molecule has 7 nitrogen and oxygen atoms in total. The Morgan fingerprint density at radius 2 is 1.36 bits per heavy atom. The third-order valence-corrected chi connectivity index (χ3v) is 8.16. The third kappa shape index (κ3) is 5.35. The summed E-state index contributed by atoms with van der Waals surface area (Å²) in [5.74, 6) is -0.930. The zero-order chi connectivity index (χ0) is 29.1.